The van der Waals surface area contributed by atoms with E-state index in [0.717, 1.165) is 36.4 Å². The van der Waals surface area contributed by atoms with Gasteiger partial charge in [-0.3, -0.25) is 4.79 Å². The summed E-state index contributed by atoms with van der Waals surface area (Å²) in [6.07, 6.45) is 6.11. The Morgan fingerprint density at radius 3 is 2.78 bits per heavy atom. The number of rotatable bonds is 6. The molecule has 1 aliphatic carbocycles. The molecular formula is C21H28N2O4. The molecule has 2 atom stereocenters. The Balaban J connectivity index is 1.57. The molecular weight excluding hydrogens is 344 g/mol. The third-order valence-electron chi connectivity index (χ3n) is 5.48. The van der Waals surface area contributed by atoms with Gasteiger partial charge >= 0.3 is 5.97 Å². The van der Waals surface area contributed by atoms with Gasteiger partial charge in [-0.2, -0.15) is 0 Å². The van der Waals surface area contributed by atoms with Gasteiger partial charge in [0, 0.05) is 17.4 Å². The zero-order valence-electron chi connectivity index (χ0n) is 16.3. The summed E-state index contributed by atoms with van der Waals surface area (Å²) in [5.41, 5.74) is 2.23. The number of aryl methyl sites for hydroxylation is 1. The van der Waals surface area contributed by atoms with Crippen molar-refractivity contribution < 1.29 is 18.7 Å². The van der Waals surface area contributed by atoms with Crippen LogP contribution in [0, 0.1) is 19.8 Å². The van der Waals surface area contributed by atoms with E-state index in [1.807, 2.05) is 30.5 Å². The van der Waals surface area contributed by atoms with Crippen molar-refractivity contribution in [2.24, 2.45) is 5.92 Å². The van der Waals surface area contributed by atoms with E-state index in [2.05, 4.69) is 12.2 Å². The largest absolute Gasteiger partial charge is 0.467 e. The molecule has 0 aromatic carbocycles. The molecule has 1 N–H and O–H groups in total. The van der Waals surface area contributed by atoms with E-state index in [0.29, 0.717) is 18.0 Å². The maximum Gasteiger partial charge on any atom is 0.340 e. The fraction of sp³-hybridized carbons (Fsp3) is 0.524. The highest BCUT2D eigenvalue weighted by Crippen LogP contribution is 2.23. The third kappa shape index (κ3) is 4.62. The van der Waals surface area contributed by atoms with Gasteiger partial charge in [-0.05, 0) is 50.8 Å². The molecule has 1 amide bonds. The SMILES string of the molecule is Cc1cc(C(=O)OCC(=O)N[C@H]2CCCC[C@@H]2C)c(C)n1Cc1ccco1. The summed E-state index contributed by atoms with van der Waals surface area (Å²) in [5.74, 6) is 0.587. The molecule has 0 bridgehead atoms. The van der Waals surface area contributed by atoms with Crippen LogP contribution in [0.1, 0.15) is 60.1 Å². The fourth-order valence-electron chi connectivity index (χ4n) is 3.80. The van der Waals surface area contributed by atoms with Gasteiger partial charge in [-0.25, -0.2) is 4.79 Å². The van der Waals surface area contributed by atoms with Crippen LogP contribution >= 0.6 is 0 Å². The molecule has 1 aliphatic rings. The van der Waals surface area contributed by atoms with Crippen LogP contribution in [0.15, 0.2) is 28.9 Å². The summed E-state index contributed by atoms with van der Waals surface area (Å²) in [7, 11) is 0. The van der Waals surface area contributed by atoms with Crippen molar-refractivity contribution in [2.45, 2.75) is 59.0 Å². The Hall–Kier alpha value is -2.50. The third-order valence-corrected chi connectivity index (χ3v) is 5.48. The number of nitrogens with one attached hydrogen (secondary N) is 1. The van der Waals surface area contributed by atoms with Crippen molar-refractivity contribution in [3.8, 4) is 0 Å². The summed E-state index contributed by atoms with van der Waals surface area (Å²) in [5, 5.41) is 3.00. The maximum atomic E-state index is 12.5. The summed E-state index contributed by atoms with van der Waals surface area (Å²) < 4.78 is 12.6. The summed E-state index contributed by atoms with van der Waals surface area (Å²) >= 11 is 0. The molecule has 2 aromatic rings. The van der Waals surface area contributed by atoms with E-state index in [1.165, 1.54) is 6.42 Å². The van der Waals surface area contributed by atoms with Crippen LogP contribution in [-0.2, 0) is 16.1 Å². The van der Waals surface area contributed by atoms with Crippen LogP contribution < -0.4 is 5.32 Å². The lowest BCUT2D eigenvalue weighted by molar-refractivity contribution is -0.125. The van der Waals surface area contributed by atoms with Gasteiger partial charge in [0.25, 0.3) is 5.91 Å². The van der Waals surface area contributed by atoms with Crippen molar-refractivity contribution in [1.29, 1.82) is 0 Å². The number of esters is 1. The van der Waals surface area contributed by atoms with Crippen molar-refractivity contribution in [1.82, 2.24) is 9.88 Å². The first kappa shape index (κ1) is 19.3. The van der Waals surface area contributed by atoms with Crippen molar-refractivity contribution >= 4 is 11.9 Å². The number of aromatic nitrogens is 1. The highest BCUT2D eigenvalue weighted by Gasteiger charge is 2.24. The second-order valence-electron chi connectivity index (χ2n) is 7.46. The normalized spacial score (nSPS) is 19.7. The molecule has 3 rings (SSSR count). The Bertz CT molecular complexity index is 791. The molecule has 146 valence electrons. The number of nitrogens with zero attached hydrogens (tertiary/aromatic N) is 1. The van der Waals surface area contributed by atoms with Crippen LogP contribution in [-0.4, -0.2) is 29.1 Å². The zero-order valence-corrected chi connectivity index (χ0v) is 16.3. The predicted octanol–water partition coefficient (Wildman–Crippen LogP) is 3.60. The lowest BCUT2D eigenvalue weighted by atomic mass is 9.86. The van der Waals surface area contributed by atoms with Gasteiger partial charge in [-0.1, -0.05) is 19.8 Å². The van der Waals surface area contributed by atoms with Gasteiger partial charge in [0.05, 0.1) is 18.4 Å². The summed E-state index contributed by atoms with van der Waals surface area (Å²) in [6, 6.07) is 5.71. The number of carbonyl (C=O) groups excluding carboxylic acids is 2. The Labute approximate surface area is 159 Å². The van der Waals surface area contributed by atoms with Crippen molar-refractivity contribution in [3.05, 3.63) is 47.2 Å². The number of amides is 1. The van der Waals surface area contributed by atoms with Gasteiger partial charge < -0.3 is 19.0 Å². The smallest absolute Gasteiger partial charge is 0.340 e. The lowest BCUT2D eigenvalue weighted by Gasteiger charge is -2.29. The molecule has 0 aliphatic heterocycles. The van der Waals surface area contributed by atoms with Crippen molar-refractivity contribution in [3.63, 3.8) is 0 Å². The number of carbonyl (C=O) groups is 2. The minimum atomic E-state index is -0.472. The zero-order chi connectivity index (χ0) is 19.4. The minimum absolute atomic E-state index is 0.184. The number of furan rings is 1. The van der Waals surface area contributed by atoms with E-state index >= 15 is 0 Å². The van der Waals surface area contributed by atoms with E-state index in [-0.39, 0.29) is 18.6 Å². The standard InChI is InChI=1S/C21H28N2O4/c1-14-7-4-5-9-19(14)22-20(24)13-27-21(25)18-11-15(2)23(16(18)3)12-17-8-6-10-26-17/h6,8,10-11,14,19H,4-5,7,9,12-13H2,1-3H3,(H,22,24)/t14-,19-/m0/s1. The second kappa shape index (κ2) is 8.46. The van der Waals surface area contributed by atoms with E-state index in [1.54, 1.807) is 12.3 Å². The Morgan fingerprint density at radius 2 is 2.07 bits per heavy atom. The van der Waals surface area contributed by atoms with Gasteiger partial charge in [0.1, 0.15) is 5.76 Å². The molecule has 0 saturated heterocycles. The number of hydrogen-bond donors (Lipinski definition) is 1. The van der Waals surface area contributed by atoms with E-state index in [9.17, 15) is 9.59 Å². The van der Waals surface area contributed by atoms with Crippen LogP contribution in [0.2, 0.25) is 0 Å². The molecule has 27 heavy (non-hydrogen) atoms. The van der Waals surface area contributed by atoms with Crippen LogP contribution in [0.25, 0.3) is 0 Å². The minimum Gasteiger partial charge on any atom is -0.467 e. The van der Waals surface area contributed by atoms with E-state index in [4.69, 9.17) is 9.15 Å². The molecule has 2 aromatic heterocycles. The number of hydrogen-bond acceptors (Lipinski definition) is 4. The Morgan fingerprint density at radius 1 is 1.30 bits per heavy atom. The highest BCUT2D eigenvalue weighted by molar-refractivity contribution is 5.92. The molecule has 0 spiro atoms. The Kier molecular flexibility index (Phi) is 6.04. The first-order chi connectivity index (χ1) is 13.0. The number of ether oxygens (including phenoxy) is 1. The maximum absolute atomic E-state index is 12.5. The lowest BCUT2D eigenvalue weighted by Crippen LogP contribution is -2.42. The summed E-state index contributed by atoms with van der Waals surface area (Å²) in [6.45, 7) is 6.27. The molecule has 0 unspecified atom stereocenters. The fourth-order valence-corrected chi connectivity index (χ4v) is 3.80. The summed E-state index contributed by atoms with van der Waals surface area (Å²) in [4.78, 5) is 24.6. The second-order valence-corrected chi connectivity index (χ2v) is 7.46. The van der Waals surface area contributed by atoms with Gasteiger partial charge in [-0.15, -0.1) is 0 Å². The van der Waals surface area contributed by atoms with Crippen LogP contribution in [0.4, 0.5) is 0 Å². The van der Waals surface area contributed by atoms with Crippen LogP contribution in [0.3, 0.4) is 0 Å². The first-order valence-electron chi connectivity index (χ1n) is 9.61. The molecule has 2 heterocycles. The van der Waals surface area contributed by atoms with Crippen molar-refractivity contribution in [2.75, 3.05) is 6.61 Å². The van der Waals surface area contributed by atoms with Gasteiger partial charge in [0.15, 0.2) is 6.61 Å². The molecule has 6 nitrogen and oxygen atoms in total. The average molecular weight is 372 g/mol. The van der Waals surface area contributed by atoms with Crippen LogP contribution in [0.5, 0.6) is 0 Å². The monoisotopic (exact) mass is 372 g/mol. The first-order valence-corrected chi connectivity index (χ1v) is 9.61. The van der Waals surface area contributed by atoms with Gasteiger partial charge in [0.2, 0.25) is 0 Å². The van der Waals surface area contributed by atoms with E-state index < -0.39 is 5.97 Å². The molecule has 6 heteroatoms. The highest BCUT2D eigenvalue weighted by atomic mass is 16.5. The molecule has 1 fully saturated rings. The molecule has 0 radical (unpaired) electrons. The topological polar surface area (TPSA) is 73.5 Å². The molecule has 1 saturated carbocycles. The average Bonchev–Trinajstić information content (AvgIpc) is 3.25. The predicted molar refractivity (Wildman–Crippen MR) is 102 cm³/mol. The quantitative estimate of drug-likeness (QED) is 0.787.